The lowest BCUT2D eigenvalue weighted by Crippen LogP contribution is -2.12. The molecule has 0 radical (unpaired) electrons. The second-order valence-electron chi connectivity index (χ2n) is 3.78. The van der Waals surface area contributed by atoms with E-state index >= 15 is 0 Å². The number of halogens is 1. The van der Waals surface area contributed by atoms with Gasteiger partial charge in [0.1, 0.15) is 11.8 Å². The molecule has 5 heteroatoms. The molecule has 2 aromatic rings. The smallest absolute Gasteiger partial charge is 0.255 e. The number of para-hydroxylation sites is 1. The van der Waals surface area contributed by atoms with Crippen molar-refractivity contribution in [2.75, 3.05) is 5.32 Å². The Morgan fingerprint density at radius 2 is 2.00 bits per heavy atom. The van der Waals surface area contributed by atoms with Crippen molar-refractivity contribution in [2.24, 2.45) is 0 Å². The number of benzene rings is 2. The van der Waals surface area contributed by atoms with E-state index in [1.165, 1.54) is 6.07 Å². The number of nitrogens with one attached hydrogen (secondary N) is 1. The normalized spacial score (nSPS) is 9.68. The molecule has 0 saturated carbocycles. The van der Waals surface area contributed by atoms with Gasteiger partial charge in [0.2, 0.25) is 0 Å². The van der Waals surface area contributed by atoms with Crippen molar-refractivity contribution in [1.82, 2.24) is 0 Å². The molecule has 0 aliphatic heterocycles. The van der Waals surface area contributed by atoms with Crippen molar-refractivity contribution in [3.8, 4) is 11.8 Å². The fourth-order valence-corrected chi connectivity index (χ4v) is 1.87. The average Bonchev–Trinajstić information content (AvgIpc) is 2.42. The lowest BCUT2D eigenvalue weighted by molar-refractivity contribution is 0.102. The number of aromatic hydroxyl groups is 1. The summed E-state index contributed by atoms with van der Waals surface area (Å²) in [5.74, 6) is -0.309. The van der Waals surface area contributed by atoms with Crippen LogP contribution in [0.4, 0.5) is 5.69 Å². The highest BCUT2D eigenvalue weighted by molar-refractivity contribution is 14.1. The second kappa shape index (κ2) is 5.71. The largest absolute Gasteiger partial charge is 0.507 e. The van der Waals surface area contributed by atoms with Gasteiger partial charge in [-0.25, -0.2) is 0 Å². The van der Waals surface area contributed by atoms with Gasteiger partial charge in [0.25, 0.3) is 5.91 Å². The Hall–Kier alpha value is -2.07. The van der Waals surface area contributed by atoms with Crippen molar-refractivity contribution in [3.63, 3.8) is 0 Å². The van der Waals surface area contributed by atoms with E-state index in [4.69, 9.17) is 5.26 Å². The molecule has 0 spiro atoms. The Balaban J connectivity index is 2.26. The van der Waals surface area contributed by atoms with Crippen LogP contribution in [0.1, 0.15) is 15.9 Å². The molecule has 0 bridgehead atoms. The van der Waals surface area contributed by atoms with Crippen LogP contribution >= 0.6 is 22.6 Å². The third-order valence-electron chi connectivity index (χ3n) is 2.50. The highest BCUT2D eigenvalue weighted by Crippen LogP contribution is 2.21. The number of carbonyl (C=O) groups is 1. The zero-order chi connectivity index (χ0) is 13.8. The summed E-state index contributed by atoms with van der Waals surface area (Å²) in [4.78, 5) is 12.0. The molecule has 2 rings (SSSR count). The Bertz CT molecular complexity index is 677. The second-order valence-corrected chi connectivity index (χ2v) is 4.94. The van der Waals surface area contributed by atoms with Gasteiger partial charge in [-0.2, -0.15) is 5.26 Å². The fraction of sp³-hybridized carbons (Fsp3) is 0. The molecular weight excluding hydrogens is 355 g/mol. The number of phenols is 1. The van der Waals surface area contributed by atoms with Crippen LogP contribution in [0.2, 0.25) is 0 Å². The van der Waals surface area contributed by atoms with Gasteiger partial charge in [0, 0.05) is 5.56 Å². The molecule has 94 valence electrons. The average molecular weight is 364 g/mol. The van der Waals surface area contributed by atoms with E-state index in [0.717, 1.165) is 0 Å². The van der Waals surface area contributed by atoms with Gasteiger partial charge in [-0.3, -0.25) is 4.79 Å². The highest BCUT2D eigenvalue weighted by atomic mass is 127. The summed E-state index contributed by atoms with van der Waals surface area (Å²) in [5.41, 5.74) is 1.18. The van der Waals surface area contributed by atoms with Crippen LogP contribution in [-0.2, 0) is 0 Å². The Labute approximate surface area is 123 Å². The number of hydrogen-bond donors (Lipinski definition) is 2. The van der Waals surface area contributed by atoms with Gasteiger partial charge in [0.15, 0.2) is 0 Å². The first-order chi connectivity index (χ1) is 9.11. The van der Waals surface area contributed by atoms with E-state index in [1.807, 2.05) is 28.7 Å². The van der Waals surface area contributed by atoms with E-state index in [1.54, 1.807) is 36.4 Å². The summed E-state index contributed by atoms with van der Waals surface area (Å²) in [6.07, 6.45) is 0. The molecular formula is C14H9IN2O2. The Morgan fingerprint density at radius 1 is 1.26 bits per heavy atom. The summed E-state index contributed by atoms with van der Waals surface area (Å²) in [7, 11) is 0. The number of phenolic OH excluding ortho intramolecular Hbond substituents is 1. The van der Waals surface area contributed by atoms with Gasteiger partial charge >= 0.3 is 0 Å². The lowest BCUT2D eigenvalue weighted by Gasteiger charge is -2.07. The van der Waals surface area contributed by atoms with Crippen molar-refractivity contribution in [3.05, 3.63) is 57.2 Å². The van der Waals surface area contributed by atoms with Crippen LogP contribution in [0.5, 0.6) is 5.75 Å². The maximum absolute atomic E-state index is 12.0. The van der Waals surface area contributed by atoms with Crippen LogP contribution in [0.25, 0.3) is 0 Å². The van der Waals surface area contributed by atoms with Crippen LogP contribution in [-0.4, -0.2) is 11.0 Å². The van der Waals surface area contributed by atoms with E-state index in [9.17, 15) is 9.90 Å². The molecule has 0 unspecified atom stereocenters. The van der Waals surface area contributed by atoms with Gasteiger partial charge in [-0.05, 0) is 52.9 Å². The fourth-order valence-electron chi connectivity index (χ4n) is 1.54. The molecule has 19 heavy (non-hydrogen) atoms. The van der Waals surface area contributed by atoms with E-state index < -0.39 is 0 Å². The molecule has 2 aromatic carbocycles. The van der Waals surface area contributed by atoms with Gasteiger partial charge < -0.3 is 10.4 Å². The monoisotopic (exact) mass is 364 g/mol. The molecule has 0 aromatic heterocycles. The number of nitrogens with zero attached hydrogens (tertiary/aromatic N) is 1. The van der Waals surface area contributed by atoms with E-state index in [2.05, 4.69) is 5.32 Å². The maximum atomic E-state index is 12.0. The van der Waals surface area contributed by atoms with Gasteiger partial charge in [-0.15, -0.1) is 0 Å². The molecule has 2 N–H and O–H groups in total. The number of hydrogen-bond acceptors (Lipinski definition) is 3. The summed E-state index contributed by atoms with van der Waals surface area (Å²) < 4.78 is 0.673. The lowest BCUT2D eigenvalue weighted by atomic mass is 10.1. The predicted octanol–water partition coefficient (Wildman–Crippen LogP) is 3.12. The zero-order valence-electron chi connectivity index (χ0n) is 9.72. The minimum absolute atomic E-state index is 0.0572. The SMILES string of the molecule is N#Cc1ccccc1NC(=O)c1ccc(I)c(O)c1. The highest BCUT2D eigenvalue weighted by Gasteiger charge is 2.10. The first kappa shape index (κ1) is 13.4. The van der Waals surface area contributed by atoms with Crippen LogP contribution in [0.3, 0.4) is 0 Å². The molecule has 4 nitrogen and oxygen atoms in total. The molecule has 0 aliphatic rings. The van der Waals surface area contributed by atoms with Crippen molar-refractivity contribution in [2.45, 2.75) is 0 Å². The molecule has 0 heterocycles. The number of nitriles is 1. The van der Waals surface area contributed by atoms with Crippen LogP contribution in [0.15, 0.2) is 42.5 Å². The minimum Gasteiger partial charge on any atom is -0.507 e. The summed E-state index contributed by atoms with van der Waals surface area (Å²) in [6.45, 7) is 0. The van der Waals surface area contributed by atoms with Gasteiger partial charge in [0.05, 0.1) is 14.8 Å². The first-order valence-electron chi connectivity index (χ1n) is 5.41. The quantitative estimate of drug-likeness (QED) is 0.805. The standard InChI is InChI=1S/C14H9IN2O2/c15-11-6-5-9(7-13(11)18)14(19)17-12-4-2-1-3-10(12)8-16/h1-7,18H,(H,17,19). The summed E-state index contributed by atoms with van der Waals surface area (Å²) >= 11 is 1.97. The summed E-state index contributed by atoms with van der Waals surface area (Å²) in [6, 6.07) is 13.4. The van der Waals surface area contributed by atoms with E-state index in [0.29, 0.717) is 20.4 Å². The zero-order valence-corrected chi connectivity index (χ0v) is 11.9. The number of anilines is 1. The molecule has 0 atom stereocenters. The van der Waals surface area contributed by atoms with Crippen LogP contribution < -0.4 is 5.32 Å². The topological polar surface area (TPSA) is 73.1 Å². The Kier molecular flexibility index (Phi) is 4.02. The minimum atomic E-state index is -0.366. The van der Waals surface area contributed by atoms with Gasteiger partial charge in [-0.1, -0.05) is 12.1 Å². The van der Waals surface area contributed by atoms with Crippen LogP contribution in [0, 0.1) is 14.9 Å². The van der Waals surface area contributed by atoms with Crippen molar-refractivity contribution >= 4 is 34.2 Å². The molecule has 0 fully saturated rings. The molecule has 1 amide bonds. The summed E-state index contributed by atoms with van der Waals surface area (Å²) in [5, 5.41) is 21.2. The molecule has 0 saturated heterocycles. The maximum Gasteiger partial charge on any atom is 0.255 e. The Morgan fingerprint density at radius 3 is 2.68 bits per heavy atom. The van der Waals surface area contributed by atoms with Crippen molar-refractivity contribution < 1.29 is 9.90 Å². The molecule has 0 aliphatic carbocycles. The predicted molar refractivity (Wildman–Crippen MR) is 79.9 cm³/mol. The third kappa shape index (κ3) is 3.03. The van der Waals surface area contributed by atoms with Crippen molar-refractivity contribution in [1.29, 1.82) is 5.26 Å². The number of amides is 1. The third-order valence-corrected chi connectivity index (χ3v) is 3.42. The number of carbonyl (C=O) groups excluding carboxylic acids is 1. The van der Waals surface area contributed by atoms with E-state index in [-0.39, 0.29) is 11.7 Å². The first-order valence-corrected chi connectivity index (χ1v) is 6.48. The number of rotatable bonds is 2.